The quantitative estimate of drug-likeness (QED) is 0.670. The maximum absolute atomic E-state index is 11.8. The minimum atomic E-state index is -0.282. The fraction of sp³-hybridized carbons (Fsp3) is 0.889. The van der Waals surface area contributed by atoms with Crippen LogP contribution in [0.3, 0.4) is 0 Å². The van der Waals surface area contributed by atoms with Crippen molar-refractivity contribution in [1.82, 2.24) is 4.90 Å². The molecular weight excluding hydrogens is 186 g/mol. The summed E-state index contributed by atoms with van der Waals surface area (Å²) in [4.78, 5) is 13.6. The Labute approximate surface area is 82.5 Å². The molecule has 13 heavy (non-hydrogen) atoms. The highest BCUT2D eigenvalue weighted by Crippen LogP contribution is 2.28. The number of amides is 1. The molecule has 2 saturated heterocycles. The van der Waals surface area contributed by atoms with Crippen molar-refractivity contribution >= 4 is 17.7 Å². The molecule has 2 aliphatic rings. The van der Waals surface area contributed by atoms with E-state index in [4.69, 9.17) is 0 Å². The van der Waals surface area contributed by atoms with Crippen molar-refractivity contribution in [2.45, 2.75) is 30.6 Å². The third-order valence-electron chi connectivity index (χ3n) is 2.68. The van der Waals surface area contributed by atoms with E-state index in [9.17, 15) is 9.90 Å². The van der Waals surface area contributed by atoms with Crippen LogP contribution in [-0.4, -0.2) is 46.1 Å². The number of aliphatic hydroxyl groups excluding tert-OH is 1. The maximum Gasteiger partial charge on any atom is 0.235 e. The van der Waals surface area contributed by atoms with E-state index >= 15 is 0 Å². The van der Waals surface area contributed by atoms with Gasteiger partial charge < -0.3 is 10.0 Å². The molecule has 1 N–H and O–H groups in total. The van der Waals surface area contributed by atoms with E-state index in [0.29, 0.717) is 6.54 Å². The first-order valence-corrected chi connectivity index (χ1v) is 5.90. The zero-order valence-corrected chi connectivity index (χ0v) is 8.42. The van der Waals surface area contributed by atoms with E-state index in [-0.39, 0.29) is 17.3 Å². The number of aliphatic hydroxyl groups is 1. The Kier molecular flexibility index (Phi) is 2.79. The van der Waals surface area contributed by atoms with Crippen molar-refractivity contribution in [2.24, 2.45) is 0 Å². The van der Waals surface area contributed by atoms with E-state index in [2.05, 4.69) is 0 Å². The highest BCUT2D eigenvalue weighted by atomic mass is 32.2. The van der Waals surface area contributed by atoms with Gasteiger partial charge in [-0.25, -0.2) is 0 Å². The third-order valence-corrected chi connectivity index (χ3v) is 4.04. The largest absolute Gasteiger partial charge is 0.391 e. The molecule has 1 amide bonds. The summed E-state index contributed by atoms with van der Waals surface area (Å²) < 4.78 is 0. The molecule has 4 heteroatoms. The lowest BCUT2D eigenvalue weighted by molar-refractivity contribution is -0.129. The Hall–Kier alpha value is -0.220. The number of hydrogen-bond donors (Lipinski definition) is 1. The lowest BCUT2D eigenvalue weighted by atomic mass is 10.2. The van der Waals surface area contributed by atoms with Gasteiger partial charge in [0, 0.05) is 13.1 Å². The average Bonchev–Trinajstić information content (AvgIpc) is 2.72. The van der Waals surface area contributed by atoms with Crippen LogP contribution < -0.4 is 0 Å². The van der Waals surface area contributed by atoms with Gasteiger partial charge in [0.15, 0.2) is 0 Å². The molecule has 0 aromatic rings. The van der Waals surface area contributed by atoms with Crippen molar-refractivity contribution in [3.63, 3.8) is 0 Å². The van der Waals surface area contributed by atoms with Crippen LogP contribution in [0.25, 0.3) is 0 Å². The Morgan fingerprint density at radius 3 is 2.85 bits per heavy atom. The van der Waals surface area contributed by atoms with Crippen molar-refractivity contribution in [1.29, 1.82) is 0 Å². The summed E-state index contributed by atoms with van der Waals surface area (Å²) >= 11 is 1.77. The van der Waals surface area contributed by atoms with E-state index < -0.39 is 0 Å². The predicted octanol–water partition coefficient (Wildman–Crippen LogP) is 0.475. The van der Waals surface area contributed by atoms with Gasteiger partial charge in [-0.1, -0.05) is 0 Å². The second-order valence-electron chi connectivity index (χ2n) is 3.73. The highest BCUT2D eigenvalue weighted by molar-refractivity contribution is 8.00. The molecule has 3 nitrogen and oxygen atoms in total. The molecule has 0 spiro atoms. The van der Waals surface area contributed by atoms with Crippen LogP contribution >= 0.6 is 11.8 Å². The molecule has 1 unspecified atom stereocenters. The van der Waals surface area contributed by atoms with Crippen molar-refractivity contribution in [3.05, 3.63) is 0 Å². The molecule has 2 fully saturated rings. The Morgan fingerprint density at radius 2 is 2.31 bits per heavy atom. The van der Waals surface area contributed by atoms with Gasteiger partial charge in [0.2, 0.25) is 5.91 Å². The fourth-order valence-corrected chi connectivity index (χ4v) is 3.16. The van der Waals surface area contributed by atoms with Gasteiger partial charge in [-0.3, -0.25) is 4.79 Å². The lowest BCUT2D eigenvalue weighted by Crippen LogP contribution is -2.35. The van der Waals surface area contributed by atoms with Crippen LogP contribution in [0, 0.1) is 0 Å². The Morgan fingerprint density at radius 1 is 1.46 bits per heavy atom. The van der Waals surface area contributed by atoms with E-state index in [1.54, 1.807) is 11.8 Å². The summed E-state index contributed by atoms with van der Waals surface area (Å²) in [6.07, 6.45) is 2.66. The molecule has 0 bridgehead atoms. The van der Waals surface area contributed by atoms with Crippen LogP contribution in [0.1, 0.15) is 19.3 Å². The minimum absolute atomic E-state index is 0.185. The lowest BCUT2D eigenvalue weighted by Gasteiger charge is -2.19. The van der Waals surface area contributed by atoms with Crippen LogP contribution in [-0.2, 0) is 4.79 Å². The molecule has 2 atom stereocenters. The Bertz CT molecular complexity index is 204. The molecule has 0 saturated carbocycles. The van der Waals surface area contributed by atoms with Crippen LogP contribution in [0.2, 0.25) is 0 Å². The second kappa shape index (κ2) is 3.88. The van der Waals surface area contributed by atoms with Gasteiger partial charge in [-0.15, -0.1) is 11.8 Å². The second-order valence-corrected chi connectivity index (χ2v) is 5.04. The van der Waals surface area contributed by atoms with Gasteiger partial charge in [0.05, 0.1) is 11.4 Å². The normalized spacial score (nSPS) is 34.1. The maximum atomic E-state index is 11.8. The topological polar surface area (TPSA) is 40.5 Å². The summed E-state index contributed by atoms with van der Waals surface area (Å²) in [7, 11) is 0. The standard InChI is InChI=1S/C9H15NO2S/c11-7-3-4-10(6-7)9(12)8-2-1-5-13-8/h7-8,11H,1-6H2/t7-,8?/m0/s1. The average molecular weight is 201 g/mol. The van der Waals surface area contributed by atoms with Gasteiger partial charge in [0.25, 0.3) is 0 Å². The summed E-state index contributed by atoms with van der Waals surface area (Å²) in [5.74, 6) is 1.37. The van der Waals surface area contributed by atoms with Crippen LogP contribution in [0.15, 0.2) is 0 Å². The first kappa shape index (κ1) is 9.34. The zero-order valence-electron chi connectivity index (χ0n) is 7.61. The van der Waals surface area contributed by atoms with Crippen LogP contribution in [0.4, 0.5) is 0 Å². The molecular formula is C9H15NO2S. The zero-order chi connectivity index (χ0) is 9.26. The van der Waals surface area contributed by atoms with Crippen LogP contribution in [0.5, 0.6) is 0 Å². The van der Waals surface area contributed by atoms with Crippen molar-refractivity contribution < 1.29 is 9.90 Å². The molecule has 0 aliphatic carbocycles. The molecule has 0 aromatic heterocycles. The molecule has 2 aliphatic heterocycles. The molecule has 2 heterocycles. The van der Waals surface area contributed by atoms with E-state index in [1.807, 2.05) is 4.90 Å². The number of thioether (sulfide) groups is 1. The SMILES string of the molecule is O=C(C1CCCS1)N1CC[C@H](O)C1. The number of hydrogen-bond acceptors (Lipinski definition) is 3. The monoisotopic (exact) mass is 201 g/mol. The number of carbonyl (C=O) groups is 1. The number of nitrogens with zero attached hydrogens (tertiary/aromatic N) is 1. The van der Waals surface area contributed by atoms with Gasteiger partial charge in [0.1, 0.15) is 0 Å². The van der Waals surface area contributed by atoms with E-state index in [1.165, 1.54) is 0 Å². The molecule has 0 radical (unpaired) electrons. The summed E-state index contributed by atoms with van der Waals surface area (Å²) in [6.45, 7) is 1.30. The highest BCUT2D eigenvalue weighted by Gasteiger charge is 2.31. The molecule has 74 valence electrons. The summed E-state index contributed by atoms with van der Waals surface area (Å²) in [5, 5.41) is 9.48. The summed E-state index contributed by atoms with van der Waals surface area (Å²) in [6, 6.07) is 0. The molecule has 0 aromatic carbocycles. The number of rotatable bonds is 1. The first-order valence-electron chi connectivity index (χ1n) is 4.86. The smallest absolute Gasteiger partial charge is 0.235 e. The van der Waals surface area contributed by atoms with E-state index in [0.717, 1.165) is 31.6 Å². The van der Waals surface area contributed by atoms with Gasteiger partial charge >= 0.3 is 0 Å². The number of β-amino-alcohol motifs (C(OH)–C–C–N with tert-alkyl or cyclic N) is 1. The predicted molar refractivity (Wildman–Crippen MR) is 52.7 cm³/mol. The van der Waals surface area contributed by atoms with Gasteiger partial charge in [-0.05, 0) is 25.0 Å². The third kappa shape index (κ3) is 1.99. The Balaban J connectivity index is 1.89. The minimum Gasteiger partial charge on any atom is -0.391 e. The number of carbonyl (C=O) groups excluding carboxylic acids is 1. The fourth-order valence-electron chi connectivity index (χ4n) is 1.92. The molecule has 2 rings (SSSR count). The van der Waals surface area contributed by atoms with Crippen molar-refractivity contribution in [2.75, 3.05) is 18.8 Å². The summed E-state index contributed by atoms with van der Waals surface area (Å²) in [5.41, 5.74) is 0. The first-order chi connectivity index (χ1) is 6.27. The number of likely N-dealkylation sites (tertiary alicyclic amines) is 1. The van der Waals surface area contributed by atoms with Gasteiger partial charge in [-0.2, -0.15) is 0 Å². The van der Waals surface area contributed by atoms with Crippen molar-refractivity contribution in [3.8, 4) is 0 Å².